The maximum absolute atomic E-state index is 12.8. The van der Waals surface area contributed by atoms with Crippen LogP contribution in [-0.4, -0.2) is 37.3 Å². The number of aromatic amines is 1. The van der Waals surface area contributed by atoms with Crippen LogP contribution in [-0.2, 0) is 16.0 Å². The maximum atomic E-state index is 12.8. The van der Waals surface area contributed by atoms with Gasteiger partial charge in [0.25, 0.3) is 5.91 Å². The van der Waals surface area contributed by atoms with Gasteiger partial charge in [0.1, 0.15) is 5.69 Å². The van der Waals surface area contributed by atoms with Crippen molar-refractivity contribution < 1.29 is 26.4 Å². The fourth-order valence-corrected chi connectivity index (χ4v) is 4.58. The lowest BCUT2D eigenvalue weighted by atomic mass is 9.97. The van der Waals surface area contributed by atoms with Crippen LogP contribution in [0.3, 0.4) is 0 Å². The average Bonchev–Trinajstić information content (AvgIpc) is 3.44. The summed E-state index contributed by atoms with van der Waals surface area (Å²) in [6, 6.07) is 13.6. The Morgan fingerprint density at radius 1 is 1.15 bits per heavy atom. The van der Waals surface area contributed by atoms with Gasteiger partial charge in [0.15, 0.2) is 15.5 Å². The lowest BCUT2D eigenvalue weighted by molar-refractivity contribution is -0.141. The van der Waals surface area contributed by atoms with Crippen molar-refractivity contribution in [2.24, 2.45) is 5.92 Å². The van der Waals surface area contributed by atoms with E-state index >= 15 is 0 Å². The third-order valence-corrected chi connectivity index (χ3v) is 6.70. The molecule has 0 radical (unpaired) electrons. The topological polar surface area (TPSA) is 104 Å². The van der Waals surface area contributed by atoms with Crippen LogP contribution in [0.25, 0.3) is 0 Å². The Hall–Kier alpha value is -3.18. The first kappa shape index (κ1) is 24.0. The predicted octanol–water partition coefficient (Wildman–Crippen LogP) is 4.17. The number of carbonyl (C=O) groups is 1. The van der Waals surface area contributed by atoms with Gasteiger partial charge < -0.3 is 10.6 Å². The molecule has 1 amide bonds. The Morgan fingerprint density at radius 3 is 2.53 bits per heavy atom. The fraction of sp³-hybridized carbons (Fsp3) is 0.304. The molecule has 1 saturated carbocycles. The fourth-order valence-electron chi connectivity index (χ4n) is 3.64. The average molecular weight is 493 g/mol. The highest BCUT2D eigenvalue weighted by Crippen LogP contribution is 2.33. The minimum Gasteiger partial charge on any atom is -0.321 e. The van der Waals surface area contributed by atoms with E-state index in [1.54, 1.807) is 48.5 Å². The number of carbonyl (C=O) groups excluding carboxylic acids is 1. The highest BCUT2D eigenvalue weighted by atomic mass is 32.2. The molecule has 1 unspecified atom stereocenters. The van der Waals surface area contributed by atoms with Crippen LogP contribution in [0.2, 0.25) is 0 Å². The van der Waals surface area contributed by atoms with Crippen molar-refractivity contribution in [1.82, 2.24) is 15.5 Å². The number of halogens is 3. The second-order valence-electron chi connectivity index (χ2n) is 8.34. The zero-order valence-corrected chi connectivity index (χ0v) is 19.0. The smallest absolute Gasteiger partial charge is 0.321 e. The Labute approximate surface area is 194 Å². The molecule has 1 heterocycles. The molecule has 7 nitrogen and oxygen atoms in total. The van der Waals surface area contributed by atoms with Crippen molar-refractivity contribution in [2.75, 3.05) is 18.1 Å². The molecule has 1 aromatic heterocycles. The number of hydrogen-bond donors (Lipinski definition) is 3. The zero-order chi connectivity index (χ0) is 24.5. The van der Waals surface area contributed by atoms with Crippen LogP contribution in [0.4, 0.5) is 18.9 Å². The van der Waals surface area contributed by atoms with Gasteiger partial charge >= 0.3 is 6.18 Å². The molecule has 0 spiro atoms. The molecular weight excluding hydrogens is 469 g/mol. The number of H-pyrrole nitrogens is 1. The summed E-state index contributed by atoms with van der Waals surface area (Å²) < 4.78 is 63.2. The van der Waals surface area contributed by atoms with Crippen LogP contribution in [0.1, 0.15) is 46.2 Å². The molecule has 0 saturated heterocycles. The first-order valence-electron chi connectivity index (χ1n) is 10.6. The number of nitrogens with zero attached hydrogens (tertiary/aromatic N) is 1. The zero-order valence-electron chi connectivity index (χ0n) is 18.2. The highest BCUT2D eigenvalue weighted by Gasteiger charge is 2.34. The summed E-state index contributed by atoms with van der Waals surface area (Å²) >= 11 is 0. The third kappa shape index (κ3) is 5.65. The predicted molar refractivity (Wildman–Crippen MR) is 120 cm³/mol. The number of sulfone groups is 1. The SMILES string of the molecule is CS(=O)(=O)c1ccccc1C(NCC1CC1)c1cccc(NC(=O)c2cc(C(F)(F)F)[nH]n2)c1. The number of nitrogens with one attached hydrogen (secondary N) is 3. The molecule has 0 bridgehead atoms. The number of amides is 1. The molecule has 2 aromatic carbocycles. The van der Waals surface area contributed by atoms with Crippen LogP contribution in [0, 0.1) is 5.92 Å². The Bertz CT molecular complexity index is 1300. The first-order chi connectivity index (χ1) is 16.0. The van der Waals surface area contributed by atoms with Gasteiger partial charge in [0.05, 0.1) is 10.9 Å². The van der Waals surface area contributed by atoms with Gasteiger partial charge in [-0.25, -0.2) is 8.42 Å². The van der Waals surface area contributed by atoms with Gasteiger partial charge in [0, 0.05) is 18.0 Å². The largest absolute Gasteiger partial charge is 0.432 e. The van der Waals surface area contributed by atoms with Gasteiger partial charge in [-0.15, -0.1) is 0 Å². The lowest BCUT2D eigenvalue weighted by Gasteiger charge is -2.23. The van der Waals surface area contributed by atoms with Crippen molar-refractivity contribution in [3.8, 4) is 0 Å². The number of benzene rings is 2. The second-order valence-corrected chi connectivity index (χ2v) is 10.3. The lowest BCUT2D eigenvalue weighted by Crippen LogP contribution is -2.26. The van der Waals surface area contributed by atoms with Gasteiger partial charge in [-0.05, 0) is 54.6 Å². The third-order valence-electron chi connectivity index (χ3n) is 5.53. The van der Waals surface area contributed by atoms with Crippen LogP contribution in [0.5, 0.6) is 0 Å². The Morgan fingerprint density at radius 2 is 1.88 bits per heavy atom. The minimum absolute atomic E-state index is 0.203. The molecule has 0 aliphatic heterocycles. The molecule has 1 aliphatic carbocycles. The summed E-state index contributed by atoms with van der Waals surface area (Å²) in [6.45, 7) is 0.701. The van der Waals surface area contributed by atoms with E-state index in [1.807, 2.05) is 5.10 Å². The van der Waals surface area contributed by atoms with Gasteiger partial charge in [-0.3, -0.25) is 9.89 Å². The van der Waals surface area contributed by atoms with Crippen LogP contribution < -0.4 is 10.6 Å². The number of anilines is 1. The Balaban J connectivity index is 1.63. The molecule has 3 N–H and O–H groups in total. The van der Waals surface area contributed by atoms with E-state index in [2.05, 4.69) is 15.7 Å². The first-order valence-corrected chi connectivity index (χ1v) is 12.5. The van der Waals surface area contributed by atoms with E-state index in [9.17, 15) is 26.4 Å². The van der Waals surface area contributed by atoms with E-state index in [-0.39, 0.29) is 4.90 Å². The second kappa shape index (κ2) is 9.22. The van der Waals surface area contributed by atoms with E-state index in [1.165, 1.54) is 0 Å². The molecule has 1 atom stereocenters. The van der Waals surface area contributed by atoms with Crippen molar-refractivity contribution in [2.45, 2.75) is 30.0 Å². The van der Waals surface area contributed by atoms with Crippen molar-refractivity contribution in [3.63, 3.8) is 0 Å². The molecule has 1 aliphatic rings. The summed E-state index contributed by atoms with van der Waals surface area (Å²) in [7, 11) is -3.50. The van der Waals surface area contributed by atoms with Crippen LogP contribution >= 0.6 is 0 Å². The number of hydrogen-bond acceptors (Lipinski definition) is 5. The molecule has 11 heteroatoms. The van der Waals surface area contributed by atoms with E-state index < -0.39 is 39.4 Å². The van der Waals surface area contributed by atoms with E-state index in [4.69, 9.17) is 0 Å². The van der Waals surface area contributed by atoms with Crippen LogP contribution in [0.15, 0.2) is 59.5 Å². The highest BCUT2D eigenvalue weighted by molar-refractivity contribution is 7.90. The normalized spacial score (nSPS) is 15.2. The van der Waals surface area contributed by atoms with E-state index in [0.717, 1.165) is 19.1 Å². The summed E-state index contributed by atoms with van der Waals surface area (Å²) in [5.74, 6) is -0.277. The molecule has 34 heavy (non-hydrogen) atoms. The molecule has 180 valence electrons. The number of aromatic nitrogens is 2. The van der Waals surface area contributed by atoms with Crippen molar-refractivity contribution in [3.05, 3.63) is 77.1 Å². The number of rotatable bonds is 8. The molecule has 1 fully saturated rings. The summed E-state index contributed by atoms with van der Waals surface area (Å²) in [5.41, 5.74) is 0.106. The molecule has 4 rings (SSSR count). The monoisotopic (exact) mass is 492 g/mol. The van der Waals surface area contributed by atoms with Crippen molar-refractivity contribution in [1.29, 1.82) is 0 Å². The Kier molecular flexibility index (Phi) is 6.50. The summed E-state index contributed by atoms with van der Waals surface area (Å²) in [5, 5.41) is 11.3. The minimum atomic E-state index is -4.64. The quantitative estimate of drug-likeness (QED) is 0.438. The van der Waals surface area contributed by atoms with Gasteiger partial charge in [-0.1, -0.05) is 30.3 Å². The summed E-state index contributed by atoms with van der Waals surface area (Å²) in [4.78, 5) is 12.7. The van der Waals surface area contributed by atoms with Gasteiger partial charge in [0.2, 0.25) is 0 Å². The van der Waals surface area contributed by atoms with Crippen molar-refractivity contribution >= 4 is 21.4 Å². The van der Waals surface area contributed by atoms with E-state index in [0.29, 0.717) is 35.3 Å². The maximum Gasteiger partial charge on any atom is 0.432 e. The summed E-state index contributed by atoms with van der Waals surface area (Å²) in [6.07, 6.45) is -1.28. The van der Waals surface area contributed by atoms with Gasteiger partial charge in [-0.2, -0.15) is 18.3 Å². The standard InChI is InChI=1S/C23H23F3N4O3S/c1-34(32,33)19-8-3-2-7-17(19)21(27-13-14-9-10-14)15-5-4-6-16(11-15)28-22(31)18-12-20(30-29-18)23(24,25)26/h2-8,11-12,14,21,27H,9-10,13H2,1H3,(H,28,31)(H,29,30). The number of alkyl halides is 3. The molecular formula is C23H23F3N4O3S. The molecule has 3 aromatic rings.